The summed E-state index contributed by atoms with van der Waals surface area (Å²) in [5.41, 5.74) is 0.870. The molecule has 0 unspecified atom stereocenters. The number of para-hydroxylation sites is 1. The molecule has 2 aromatic carbocycles. The quantitative estimate of drug-likeness (QED) is 0.670. The highest BCUT2D eigenvalue weighted by atomic mass is 16.5. The van der Waals surface area contributed by atoms with Gasteiger partial charge >= 0.3 is 0 Å². The molecule has 2 heterocycles. The molecule has 1 N–H and O–H groups in total. The van der Waals surface area contributed by atoms with E-state index in [1.165, 1.54) is 0 Å². The van der Waals surface area contributed by atoms with Crippen LogP contribution in [0.1, 0.15) is 38.5 Å². The molecule has 0 aromatic heterocycles. The predicted octanol–water partition coefficient (Wildman–Crippen LogP) is 3.49. The van der Waals surface area contributed by atoms with Gasteiger partial charge in [0.15, 0.2) is 0 Å². The van der Waals surface area contributed by atoms with Gasteiger partial charge < -0.3 is 24.8 Å². The molecule has 0 bridgehead atoms. The first kappa shape index (κ1) is 24.2. The third-order valence-electron chi connectivity index (χ3n) is 7.90. The number of hydrogen-bond donors (Lipinski definition) is 1. The summed E-state index contributed by atoms with van der Waals surface area (Å²) in [6, 6.07) is 17.0. The molecule has 8 heteroatoms. The number of amides is 3. The molecular formula is C28H34N4O4. The van der Waals surface area contributed by atoms with Crippen LogP contribution in [0.5, 0.6) is 5.75 Å². The van der Waals surface area contributed by atoms with E-state index in [2.05, 4.69) is 10.2 Å². The van der Waals surface area contributed by atoms with Gasteiger partial charge in [-0.15, -0.1) is 0 Å². The second-order valence-electron chi connectivity index (χ2n) is 10.0. The van der Waals surface area contributed by atoms with E-state index in [4.69, 9.17) is 4.74 Å². The van der Waals surface area contributed by atoms with Gasteiger partial charge in [-0.05, 0) is 62.1 Å². The van der Waals surface area contributed by atoms with Gasteiger partial charge in [-0.1, -0.05) is 31.0 Å². The predicted molar refractivity (Wildman–Crippen MR) is 138 cm³/mol. The largest absolute Gasteiger partial charge is 0.497 e. The van der Waals surface area contributed by atoms with Crippen LogP contribution < -0.4 is 15.0 Å². The Bertz CT molecular complexity index is 1090. The van der Waals surface area contributed by atoms with Gasteiger partial charge in [-0.2, -0.15) is 0 Å². The first-order chi connectivity index (χ1) is 17.5. The van der Waals surface area contributed by atoms with E-state index >= 15 is 0 Å². The van der Waals surface area contributed by atoms with Gasteiger partial charge in [-0.3, -0.25) is 14.4 Å². The molecule has 1 aliphatic carbocycles. The number of nitrogens with zero attached hydrogens (tertiary/aromatic N) is 3. The van der Waals surface area contributed by atoms with Gasteiger partial charge in [-0.25, -0.2) is 0 Å². The first-order valence-electron chi connectivity index (χ1n) is 12.8. The molecule has 3 amide bonds. The van der Waals surface area contributed by atoms with E-state index in [1.54, 1.807) is 36.3 Å². The van der Waals surface area contributed by atoms with Crippen molar-refractivity contribution in [2.24, 2.45) is 5.92 Å². The molecule has 3 fully saturated rings. The van der Waals surface area contributed by atoms with Crippen molar-refractivity contribution in [3.05, 3.63) is 54.6 Å². The van der Waals surface area contributed by atoms with Crippen molar-refractivity contribution in [2.75, 3.05) is 43.6 Å². The Morgan fingerprint density at radius 3 is 2.31 bits per heavy atom. The lowest BCUT2D eigenvalue weighted by Crippen LogP contribution is -2.58. The Kier molecular flexibility index (Phi) is 6.85. The summed E-state index contributed by atoms with van der Waals surface area (Å²) in [5, 5.41) is 2.88. The molecule has 0 atom stereocenters. The van der Waals surface area contributed by atoms with E-state index in [0.29, 0.717) is 44.0 Å². The van der Waals surface area contributed by atoms with E-state index in [-0.39, 0.29) is 30.2 Å². The smallest absolute Gasteiger partial charge is 0.250 e. The third kappa shape index (κ3) is 4.64. The standard InChI is InChI=1S/C28H34N4O4/c1-36-24-13-11-22(12-14-24)29-25(33)19-31-20-32(23-9-3-2-4-10-23)28(27(31)35)15-17-30(18-16-28)26(34)21-7-5-6-8-21/h2-4,9-14,21H,5-8,15-20H2,1H3,(H,29,33). The summed E-state index contributed by atoms with van der Waals surface area (Å²) in [5.74, 6) is 0.814. The number of anilines is 2. The normalized spacial score (nSPS) is 19.7. The number of carbonyl (C=O) groups excluding carboxylic acids is 3. The van der Waals surface area contributed by atoms with Crippen molar-refractivity contribution < 1.29 is 19.1 Å². The van der Waals surface area contributed by atoms with E-state index < -0.39 is 5.54 Å². The summed E-state index contributed by atoms with van der Waals surface area (Å²) in [6.07, 6.45) is 5.34. The van der Waals surface area contributed by atoms with Crippen LogP contribution in [0.25, 0.3) is 0 Å². The summed E-state index contributed by atoms with van der Waals surface area (Å²) < 4.78 is 5.17. The molecule has 2 aromatic rings. The van der Waals surface area contributed by atoms with Gasteiger partial charge in [0.05, 0.1) is 13.8 Å². The average Bonchev–Trinajstić information content (AvgIpc) is 3.54. The van der Waals surface area contributed by atoms with Crippen molar-refractivity contribution >= 4 is 29.1 Å². The molecule has 5 rings (SSSR count). The number of methoxy groups -OCH3 is 1. The number of piperidine rings is 1. The highest BCUT2D eigenvalue weighted by Crippen LogP contribution is 2.40. The van der Waals surface area contributed by atoms with Crippen LogP contribution in [0, 0.1) is 5.92 Å². The molecule has 190 valence electrons. The number of likely N-dealkylation sites (tertiary alicyclic amines) is 1. The maximum atomic E-state index is 13.9. The molecule has 36 heavy (non-hydrogen) atoms. The minimum Gasteiger partial charge on any atom is -0.497 e. The van der Waals surface area contributed by atoms with Crippen LogP contribution in [-0.4, -0.2) is 66.5 Å². The maximum Gasteiger partial charge on any atom is 0.250 e. The molecule has 0 radical (unpaired) electrons. The lowest BCUT2D eigenvalue weighted by atomic mass is 9.85. The maximum absolute atomic E-state index is 13.9. The van der Waals surface area contributed by atoms with Crippen LogP contribution in [0.4, 0.5) is 11.4 Å². The highest BCUT2D eigenvalue weighted by molar-refractivity contribution is 5.99. The summed E-state index contributed by atoms with van der Waals surface area (Å²) >= 11 is 0. The topological polar surface area (TPSA) is 82.2 Å². The van der Waals surface area contributed by atoms with Crippen molar-refractivity contribution in [1.82, 2.24) is 9.80 Å². The Morgan fingerprint density at radius 1 is 1.00 bits per heavy atom. The Hall–Kier alpha value is -3.55. The number of hydrogen-bond acceptors (Lipinski definition) is 5. The van der Waals surface area contributed by atoms with Crippen molar-refractivity contribution in [2.45, 2.75) is 44.1 Å². The number of carbonyl (C=O) groups is 3. The fraction of sp³-hybridized carbons (Fsp3) is 0.464. The molecule has 1 saturated carbocycles. The Morgan fingerprint density at radius 2 is 1.67 bits per heavy atom. The Labute approximate surface area is 212 Å². The first-order valence-corrected chi connectivity index (χ1v) is 12.8. The fourth-order valence-electron chi connectivity index (χ4n) is 5.90. The second kappa shape index (κ2) is 10.2. The zero-order chi connectivity index (χ0) is 25.1. The molecule has 1 spiro atoms. The zero-order valence-corrected chi connectivity index (χ0v) is 20.8. The van der Waals surface area contributed by atoms with Gasteiger partial charge in [0, 0.05) is 30.4 Å². The van der Waals surface area contributed by atoms with Gasteiger partial charge in [0.1, 0.15) is 17.8 Å². The van der Waals surface area contributed by atoms with Gasteiger partial charge in [0.25, 0.3) is 5.91 Å². The molecular weight excluding hydrogens is 456 g/mol. The summed E-state index contributed by atoms with van der Waals surface area (Å²) in [7, 11) is 1.59. The van der Waals surface area contributed by atoms with Crippen molar-refractivity contribution in [3.63, 3.8) is 0 Å². The highest BCUT2D eigenvalue weighted by Gasteiger charge is 2.54. The fourth-order valence-corrected chi connectivity index (χ4v) is 5.90. The second-order valence-corrected chi connectivity index (χ2v) is 10.0. The van der Waals surface area contributed by atoms with Crippen LogP contribution in [-0.2, 0) is 14.4 Å². The van der Waals surface area contributed by atoms with Crippen LogP contribution in [0.2, 0.25) is 0 Å². The van der Waals surface area contributed by atoms with Crippen LogP contribution in [0.15, 0.2) is 54.6 Å². The van der Waals surface area contributed by atoms with Crippen LogP contribution >= 0.6 is 0 Å². The number of rotatable bonds is 6. The monoisotopic (exact) mass is 490 g/mol. The minimum absolute atomic E-state index is 0.0271. The van der Waals surface area contributed by atoms with E-state index in [9.17, 15) is 14.4 Å². The van der Waals surface area contributed by atoms with Crippen molar-refractivity contribution in [1.29, 1.82) is 0 Å². The van der Waals surface area contributed by atoms with E-state index in [1.807, 2.05) is 35.2 Å². The average molecular weight is 491 g/mol. The van der Waals surface area contributed by atoms with Crippen molar-refractivity contribution in [3.8, 4) is 5.75 Å². The van der Waals surface area contributed by atoms with E-state index in [0.717, 1.165) is 31.4 Å². The zero-order valence-electron chi connectivity index (χ0n) is 20.8. The third-order valence-corrected chi connectivity index (χ3v) is 7.90. The van der Waals surface area contributed by atoms with Crippen LogP contribution in [0.3, 0.4) is 0 Å². The molecule has 8 nitrogen and oxygen atoms in total. The molecule has 2 aliphatic heterocycles. The van der Waals surface area contributed by atoms with Gasteiger partial charge in [0.2, 0.25) is 11.8 Å². The molecule has 3 aliphatic rings. The molecule has 2 saturated heterocycles. The number of benzene rings is 2. The minimum atomic E-state index is -0.742. The lowest BCUT2D eigenvalue weighted by Gasteiger charge is -2.43. The number of nitrogens with one attached hydrogen (secondary N) is 1. The SMILES string of the molecule is COc1ccc(NC(=O)CN2CN(c3ccccc3)C3(CCN(C(=O)C4CCCC4)CC3)C2=O)cc1. The summed E-state index contributed by atoms with van der Waals surface area (Å²) in [6.45, 7) is 1.45. The Balaban J connectivity index is 1.30. The lowest BCUT2D eigenvalue weighted by molar-refractivity contribution is -0.141. The number of ether oxygens (including phenoxy) is 1. The summed E-state index contributed by atoms with van der Waals surface area (Å²) in [4.78, 5) is 45.5.